The van der Waals surface area contributed by atoms with Crippen LogP contribution in [0.2, 0.25) is 0 Å². The molecule has 1 heterocycles. The molecule has 5 heteroatoms. The number of methoxy groups -OCH3 is 1. The number of carbonyl (C=O) groups is 1. The first-order valence-electron chi connectivity index (χ1n) is 6.98. The van der Waals surface area contributed by atoms with Gasteiger partial charge in [0.05, 0.1) is 19.3 Å². The minimum absolute atomic E-state index is 0.0233. The summed E-state index contributed by atoms with van der Waals surface area (Å²) in [6, 6.07) is 7.48. The number of rotatable bonds is 5. The second-order valence-electron chi connectivity index (χ2n) is 4.98. The lowest BCUT2D eigenvalue weighted by Crippen LogP contribution is -2.45. The molecule has 5 nitrogen and oxygen atoms in total. The summed E-state index contributed by atoms with van der Waals surface area (Å²) < 4.78 is 10.8. The van der Waals surface area contributed by atoms with Crippen LogP contribution in [0.4, 0.5) is 4.79 Å². The minimum Gasteiger partial charge on any atom is -0.496 e. The van der Waals surface area contributed by atoms with E-state index in [-0.39, 0.29) is 18.2 Å². The second kappa shape index (κ2) is 7.14. The van der Waals surface area contributed by atoms with Gasteiger partial charge in [-0.3, -0.25) is 0 Å². The van der Waals surface area contributed by atoms with Crippen molar-refractivity contribution in [1.82, 2.24) is 10.6 Å². The molecule has 0 saturated carbocycles. The highest BCUT2D eigenvalue weighted by atomic mass is 16.5. The Morgan fingerprint density at radius 2 is 2.30 bits per heavy atom. The van der Waals surface area contributed by atoms with E-state index in [1.165, 1.54) is 0 Å². The zero-order valence-electron chi connectivity index (χ0n) is 12.0. The second-order valence-corrected chi connectivity index (χ2v) is 4.98. The van der Waals surface area contributed by atoms with Crippen molar-refractivity contribution < 1.29 is 14.3 Å². The summed E-state index contributed by atoms with van der Waals surface area (Å²) in [5.41, 5.74) is 0.954. The fourth-order valence-corrected chi connectivity index (χ4v) is 2.37. The first-order chi connectivity index (χ1) is 9.70. The molecular formula is C15H22N2O3. The van der Waals surface area contributed by atoms with E-state index in [0.717, 1.165) is 30.8 Å². The van der Waals surface area contributed by atoms with Crippen molar-refractivity contribution in [2.24, 2.45) is 0 Å². The Morgan fingerprint density at radius 3 is 3.00 bits per heavy atom. The van der Waals surface area contributed by atoms with Crippen molar-refractivity contribution in [2.75, 3.05) is 13.7 Å². The van der Waals surface area contributed by atoms with Crippen molar-refractivity contribution in [2.45, 2.75) is 38.5 Å². The van der Waals surface area contributed by atoms with Gasteiger partial charge < -0.3 is 20.1 Å². The number of benzene rings is 1. The number of hydrogen-bond donors (Lipinski definition) is 2. The van der Waals surface area contributed by atoms with Crippen molar-refractivity contribution in [3.63, 3.8) is 0 Å². The highest BCUT2D eigenvalue weighted by Gasteiger charge is 2.23. The predicted molar refractivity (Wildman–Crippen MR) is 76.8 cm³/mol. The Labute approximate surface area is 119 Å². The molecule has 1 aliphatic heterocycles. The number of amides is 2. The molecule has 2 unspecified atom stereocenters. The monoisotopic (exact) mass is 278 g/mol. The molecule has 0 bridgehead atoms. The standard InChI is InChI=1S/C15H22N2O3/c1-11(13-8-5-9-20-13)17-15(18)16-10-12-6-3-4-7-14(12)19-2/h3-4,6-7,11,13H,5,8-10H2,1-2H3,(H2,16,17,18). The summed E-state index contributed by atoms with van der Waals surface area (Å²) in [5, 5.41) is 5.76. The number of para-hydroxylation sites is 1. The Bertz CT molecular complexity index is 444. The lowest BCUT2D eigenvalue weighted by atomic mass is 10.1. The maximum Gasteiger partial charge on any atom is 0.315 e. The Morgan fingerprint density at radius 1 is 1.50 bits per heavy atom. The molecule has 0 aromatic heterocycles. The number of carbonyl (C=O) groups excluding carboxylic acids is 1. The van der Waals surface area contributed by atoms with Crippen LogP contribution >= 0.6 is 0 Å². The molecule has 1 aliphatic rings. The molecule has 2 rings (SSSR count). The van der Waals surface area contributed by atoms with Gasteiger partial charge in [0.1, 0.15) is 5.75 Å². The maximum absolute atomic E-state index is 11.9. The molecule has 2 amide bonds. The quantitative estimate of drug-likeness (QED) is 0.866. The van der Waals surface area contributed by atoms with Gasteiger partial charge in [0, 0.05) is 18.7 Å². The van der Waals surface area contributed by atoms with Crippen molar-refractivity contribution in [3.05, 3.63) is 29.8 Å². The third-order valence-corrected chi connectivity index (χ3v) is 3.51. The van der Waals surface area contributed by atoms with E-state index < -0.39 is 0 Å². The highest BCUT2D eigenvalue weighted by molar-refractivity contribution is 5.74. The van der Waals surface area contributed by atoms with Gasteiger partial charge in [-0.15, -0.1) is 0 Å². The molecule has 1 fully saturated rings. The van der Waals surface area contributed by atoms with Crippen LogP contribution in [-0.4, -0.2) is 31.9 Å². The van der Waals surface area contributed by atoms with E-state index >= 15 is 0 Å². The van der Waals surface area contributed by atoms with Gasteiger partial charge in [0.15, 0.2) is 0 Å². The van der Waals surface area contributed by atoms with Crippen LogP contribution in [0, 0.1) is 0 Å². The average molecular weight is 278 g/mol. The van der Waals surface area contributed by atoms with E-state index in [0.29, 0.717) is 6.54 Å². The normalized spacial score (nSPS) is 19.4. The third kappa shape index (κ3) is 3.87. The largest absolute Gasteiger partial charge is 0.496 e. The lowest BCUT2D eigenvalue weighted by Gasteiger charge is -2.20. The molecule has 0 aliphatic carbocycles. The van der Waals surface area contributed by atoms with Crippen LogP contribution < -0.4 is 15.4 Å². The number of ether oxygens (including phenoxy) is 2. The van der Waals surface area contributed by atoms with Gasteiger partial charge in [-0.1, -0.05) is 18.2 Å². The van der Waals surface area contributed by atoms with E-state index in [1.54, 1.807) is 7.11 Å². The maximum atomic E-state index is 11.9. The summed E-state index contributed by atoms with van der Waals surface area (Å²) in [4.78, 5) is 11.9. The van der Waals surface area contributed by atoms with Crippen LogP contribution in [0.3, 0.4) is 0 Å². The van der Waals surface area contributed by atoms with Crippen LogP contribution in [-0.2, 0) is 11.3 Å². The van der Waals surface area contributed by atoms with Crippen LogP contribution in [0.15, 0.2) is 24.3 Å². The highest BCUT2D eigenvalue weighted by Crippen LogP contribution is 2.17. The minimum atomic E-state index is -0.182. The van der Waals surface area contributed by atoms with Crippen LogP contribution in [0.1, 0.15) is 25.3 Å². The lowest BCUT2D eigenvalue weighted by molar-refractivity contribution is 0.0860. The average Bonchev–Trinajstić information content (AvgIpc) is 2.99. The fraction of sp³-hybridized carbons (Fsp3) is 0.533. The Kier molecular flexibility index (Phi) is 5.24. The fourth-order valence-electron chi connectivity index (χ4n) is 2.37. The smallest absolute Gasteiger partial charge is 0.315 e. The van der Waals surface area contributed by atoms with Gasteiger partial charge in [-0.05, 0) is 25.8 Å². The molecule has 20 heavy (non-hydrogen) atoms. The first-order valence-corrected chi connectivity index (χ1v) is 6.98. The van der Waals surface area contributed by atoms with E-state index in [2.05, 4.69) is 10.6 Å². The number of hydrogen-bond acceptors (Lipinski definition) is 3. The third-order valence-electron chi connectivity index (χ3n) is 3.51. The van der Waals surface area contributed by atoms with E-state index in [9.17, 15) is 4.79 Å². The van der Waals surface area contributed by atoms with Gasteiger partial charge in [0.2, 0.25) is 0 Å². The summed E-state index contributed by atoms with van der Waals surface area (Å²) in [6.45, 7) is 3.20. The van der Waals surface area contributed by atoms with E-state index in [1.807, 2.05) is 31.2 Å². The van der Waals surface area contributed by atoms with Crippen molar-refractivity contribution in [1.29, 1.82) is 0 Å². The van der Waals surface area contributed by atoms with E-state index in [4.69, 9.17) is 9.47 Å². The van der Waals surface area contributed by atoms with Crippen LogP contribution in [0.25, 0.3) is 0 Å². The molecule has 2 atom stereocenters. The number of nitrogens with one attached hydrogen (secondary N) is 2. The zero-order chi connectivity index (χ0) is 14.4. The molecule has 2 N–H and O–H groups in total. The summed E-state index contributed by atoms with van der Waals surface area (Å²) in [6.07, 6.45) is 2.21. The summed E-state index contributed by atoms with van der Waals surface area (Å²) >= 11 is 0. The topological polar surface area (TPSA) is 59.6 Å². The summed E-state index contributed by atoms with van der Waals surface area (Å²) in [7, 11) is 1.62. The summed E-state index contributed by atoms with van der Waals surface area (Å²) in [5.74, 6) is 0.778. The molecule has 110 valence electrons. The molecular weight excluding hydrogens is 256 g/mol. The van der Waals surface area contributed by atoms with Gasteiger partial charge in [0.25, 0.3) is 0 Å². The Balaban J connectivity index is 1.79. The molecule has 0 radical (unpaired) electrons. The SMILES string of the molecule is COc1ccccc1CNC(=O)NC(C)C1CCCO1. The molecule has 0 spiro atoms. The Hall–Kier alpha value is -1.75. The van der Waals surface area contributed by atoms with Gasteiger partial charge in [-0.2, -0.15) is 0 Å². The van der Waals surface area contributed by atoms with Gasteiger partial charge in [-0.25, -0.2) is 4.79 Å². The zero-order valence-corrected chi connectivity index (χ0v) is 12.0. The van der Waals surface area contributed by atoms with Crippen molar-refractivity contribution >= 4 is 6.03 Å². The predicted octanol–water partition coefficient (Wildman–Crippen LogP) is 2.06. The van der Waals surface area contributed by atoms with Crippen LogP contribution in [0.5, 0.6) is 5.75 Å². The molecule has 1 saturated heterocycles. The molecule has 1 aromatic rings. The molecule has 1 aromatic carbocycles. The van der Waals surface area contributed by atoms with Crippen molar-refractivity contribution in [3.8, 4) is 5.75 Å². The first kappa shape index (κ1) is 14.7. The number of urea groups is 1. The van der Waals surface area contributed by atoms with Gasteiger partial charge >= 0.3 is 6.03 Å².